The zero-order valence-electron chi connectivity index (χ0n) is 13.4. The maximum absolute atomic E-state index is 6.12. The molecule has 3 heteroatoms. The van der Waals surface area contributed by atoms with E-state index in [2.05, 4.69) is 42.3 Å². The van der Waals surface area contributed by atoms with Crippen LogP contribution in [0.2, 0.25) is 0 Å². The van der Waals surface area contributed by atoms with Crippen molar-refractivity contribution in [1.82, 2.24) is 10.2 Å². The van der Waals surface area contributed by atoms with Gasteiger partial charge in [0.25, 0.3) is 0 Å². The Bertz CT molecular complexity index is 474. The third-order valence-electron chi connectivity index (χ3n) is 4.61. The Kier molecular flexibility index (Phi) is 4.81. The van der Waals surface area contributed by atoms with Crippen molar-refractivity contribution >= 4 is 0 Å². The molecule has 0 saturated carbocycles. The summed E-state index contributed by atoms with van der Waals surface area (Å²) in [5.41, 5.74) is 2.72. The molecule has 0 aliphatic carbocycles. The number of hydrogen-bond acceptors (Lipinski definition) is 3. The van der Waals surface area contributed by atoms with E-state index in [4.69, 9.17) is 4.74 Å². The van der Waals surface area contributed by atoms with Crippen LogP contribution >= 0.6 is 0 Å². The molecule has 0 amide bonds. The lowest BCUT2D eigenvalue weighted by Crippen LogP contribution is -2.48. The fourth-order valence-corrected chi connectivity index (χ4v) is 3.58. The summed E-state index contributed by atoms with van der Waals surface area (Å²) < 4.78 is 6.12. The van der Waals surface area contributed by atoms with Crippen molar-refractivity contribution in [2.45, 2.75) is 51.7 Å². The van der Waals surface area contributed by atoms with Gasteiger partial charge in [0.15, 0.2) is 0 Å². The zero-order valence-corrected chi connectivity index (χ0v) is 13.4. The number of fused-ring (bicyclic) bond motifs is 1. The minimum Gasteiger partial charge on any atom is -0.488 e. The molecule has 3 nitrogen and oxygen atoms in total. The molecule has 0 radical (unpaired) electrons. The molecule has 0 aromatic heterocycles. The van der Waals surface area contributed by atoms with Gasteiger partial charge in [0, 0.05) is 25.6 Å². The lowest BCUT2D eigenvalue weighted by atomic mass is 10.0. The standard InChI is InChI=1S/C18H28N2O/c1-3-8-19-16-5-4-9-20(12-16)13-17-11-15-10-14(2)6-7-18(15)21-17/h6-7,10,16-17,19H,3-5,8-9,11-13H2,1-2H3. The van der Waals surface area contributed by atoms with E-state index in [-0.39, 0.29) is 0 Å². The summed E-state index contributed by atoms with van der Waals surface area (Å²) in [6.07, 6.45) is 5.26. The molecule has 0 spiro atoms. The van der Waals surface area contributed by atoms with Crippen LogP contribution in [0, 0.1) is 6.92 Å². The van der Waals surface area contributed by atoms with Crippen LogP contribution in [-0.2, 0) is 6.42 Å². The SMILES string of the molecule is CCCNC1CCCN(CC2Cc3cc(C)ccc3O2)C1. The van der Waals surface area contributed by atoms with E-state index in [9.17, 15) is 0 Å². The van der Waals surface area contributed by atoms with Crippen molar-refractivity contribution in [2.24, 2.45) is 0 Å². The van der Waals surface area contributed by atoms with Crippen molar-refractivity contribution < 1.29 is 4.74 Å². The first kappa shape index (κ1) is 14.9. The second-order valence-electron chi connectivity index (χ2n) is 6.61. The highest BCUT2D eigenvalue weighted by Gasteiger charge is 2.27. The van der Waals surface area contributed by atoms with E-state index in [0.717, 1.165) is 25.3 Å². The second-order valence-corrected chi connectivity index (χ2v) is 6.61. The van der Waals surface area contributed by atoms with Gasteiger partial charge >= 0.3 is 0 Å². The van der Waals surface area contributed by atoms with Crippen LogP contribution in [0.3, 0.4) is 0 Å². The van der Waals surface area contributed by atoms with Gasteiger partial charge in [-0.15, -0.1) is 0 Å². The van der Waals surface area contributed by atoms with E-state index in [1.54, 1.807) is 0 Å². The van der Waals surface area contributed by atoms with E-state index in [1.165, 1.54) is 43.5 Å². The summed E-state index contributed by atoms with van der Waals surface area (Å²) in [6, 6.07) is 7.22. The fourth-order valence-electron chi connectivity index (χ4n) is 3.58. The van der Waals surface area contributed by atoms with E-state index in [1.807, 2.05) is 0 Å². The highest BCUT2D eigenvalue weighted by atomic mass is 16.5. The Morgan fingerprint density at radius 2 is 2.29 bits per heavy atom. The zero-order chi connectivity index (χ0) is 14.7. The number of aryl methyl sites for hydroxylation is 1. The Morgan fingerprint density at radius 3 is 3.14 bits per heavy atom. The summed E-state index contributed by atoms with van der Waals surface area (Å²) in [7, 11) is 0. The molecule has 2 heterocycles. The van der Waals surface area contributed by atoms with Crippen molar-refractivity contribution in [3.8, 4) is 5.75 Å². The molecule has 2 aliphatic rings. The van der Waals surface area contributed by atoms with Crippen molar-refractivity contribution in [3.63, 3.8) is 0 Å². The molecule has 1 saturated heterocycles. The molecule has 21 heavy (non-hydrogen) atoms. The molecule has 1 fully saturated rings. The Hall–Kier alpha value is -1.06. The number of hydrogen-bond donors (Lipinski definition) is 1. The average Bonchev–Trinajstić information content (AvgIpc) is 2.86. The molecule has 2 unspecified atom stereocenters. The van der Waals surface area contributed by atoms with E-state index < -0.39 is 0 Å². The maximum Gasteiger partial charge on any atom is 0.123 e. The molecule has 3 rings (SSSR count). The Labute approximate surface area is 128 Å². The first-order chi connectivity index (χ1) is 10.2. The topological polar surface area (TPSA) is 24.5 Å². The van der Waals surface area contributed by atoms with Crippen LogP contribution in [0.1, 0.15) is 37.3 Å². The first-order valence-electron chi connectivity index (χ1n) is 8.46. The molecule has 1 N–H and O–H groups in total. The molecular formula is C18H28N2O. The van der Waals surface area contributed by atoms with Crippen LogP contribution < -0.4 is 10.1 Å². The molecule has 116 valence electrons. The summed E-state index contributed by atoms with van der Waals surface area (Å²) in [5, 5.41) is 3.67. The fraction of sp³-hybridized carbons (Fsp3) is 0.667. The summed E-state index contributed by atoms with van der Waals surface area (Å²) in [5.74, 6) is 1.10. The smallest absolute Gasteiger partial charge is 0.123 e. The van der Waals surface area contributed by atoms with Crippen LogP contribution in [0.4, 0.5) is 0 Å². The van der Waals surface area contributed by atoms with Gasteiger partial charge in [-0.25, -0.2) is 0 Å². The van der Waals surface area contributed by atoms with Gasteiger partial charge in [0.05, 0.1) is 0 Å². The second kappa shape index (κ2) is 6.80. The summed E-state index contributed by atoms with van der Waals surface area (Å²) in [6.45, 7) is 9.00. The van der Waals surface area contributed by atoms with Crippen LogP contribution in [0.15, 0.2) is 18.2 Å². The number of likely N-dealkylation sites (tertiary alicyclic amines) is 1. The molecule has 2 aliphatic heterocycles. The predicted molar refractivity (Wildman–Crippen MR) is 87.1 cm³/mol. The molecule has 0 bridgehead atoms. The van der Waals surface area contributed by atoms with Gasteiger partial charge in [0.2, 0.25) is 0 Å². The van der Waals surface area contributed by atoms with Gasteiger partial charge in [-0.05, 0) is 50.9 Å². The van der Waals surface area contributed by atoms with Gasteiger partial charge in [0.1, 0.15) is 11.9 Å². The molecular weight excluding hydrogens is 260 g/mol. The Balaban J connectivity index is 1.51. The third kappa shape index (κ3) is 3.78. The summed E-state index contributed by atoms with van der Waals surface area (Å²) >= 11 is 0. The monoisotopic (exact) mass is 288 g/mol. The van der Waals surface area contributed by atoms with Crippen molar-refractivity contribution in [1.29, 1.82) is 0 Å². The number of nitrogens with one attached hydrogen (secondary N) is 1. The van der Waals surface area contributed by atoms with E-state index >= 15 is 0 Å². The van der Waals surface area contributed by atoms with Gasteiger partial charge in [-0.2, -0.15) is 0 Å². The number of rotatable bonds is 5. The lowest BCUT2D eigenvalue weighted by molar-refractivity contribution is 0.120. The van der Waals surface area contributed by atoms with Crippen molar-refractivity contribution in [3.05, 3.63) is 29.3 Å². The number of nitrogens with zero attached hydrogens (tertiary/aromatic N) is 1. The van der Waals surface area contributed by atoms with Gasteiger partial charge in [-0.1, -0.05) is 24.6 Å². The summed E-state index contributed by atoms with van der Waals surface area (Å²) in [4.78, 5) is 2.58. The Morgan fingerprint density at radius 1 is 1.38 bits per heavy atom. The molecule has 1 aromatic rings. The average molecular weight is 288 g/mol. The lowest BCUT2D eigenvalue weighted by Gasteiger charge is -2.34. The number of piperidine rings is 1. The highest BCUT2D eigenvalue weighted by Crippen LogP contribution is 2.30. The first-order valence-corrected chi connectivity index (χ1v) is 8.46. The number of ether oxygens (including phenoxy) is 1. The normalized spacial score (nSPS) is 25.6. The van der Waals surface area contributed by atoms with Crippen LogP contribution in [0.25, 0.3) is 0 Å². The predicted octanol–water partition coefficient (Wildman–Crippen LogP) is 2.76. The third-order valence-corrected chi connectivity index (χ3v) is 4.61. The van der Waals surface area contributed by atoms with Crippen LogP contribution in [-0.4, -0.2) is 43.2 Å². The van der Waals surface area contributed by atoms with Gasteiger partial charge < -0.3 is 10.1 Å². The van der Waals surface area contributed by atoms with E-state index in [0.29, 0.717) is 12.1 Å². The minimum atomic E-state index is 0.340. The quantitative estimate of drug-likeness (QED) is 0.901. The van der Waals surface area contributed by atoms with Gasteiger partial charge in [-0.3, -0.25) is 4.90 Å². The molecule has 1 aromatic carbocycles. The maximum atomic E-state index is 6.12. The highest BCUT2D eigenvalue weighted by molar-refractivity contribution is 5.40. The molecule has 2 atom stereocenters. The van der Waals surface area contributed by atoms with Crippen LogP contribution in [0.5, 0.6) is 5.75 Å². The minimum absolute atomic E-state index is 0.340. The largest absolute Gasteiger partial charge is 0.488 e. The van der Waals surface area contributed by atoms with Crippen molar-refractivity contribution in [2.75, 3.05) is 26.2 Å². The number of benzene rings is 1.